The summed E-state index contributed by atoms with van der Waals surface area (Å²) in [6.07, 6.45) is 2.69. The predicted octanol–water partition coefficient (Wildman–Crippen LogP) is 3.67. The summed E-state index contributed by atoms with van der Waals surface area (Å²) < 4.78 is 5.70. The number of aryl methyl sites for hydroxylation is 1. The number of hydrogen-bond acceptors (Lipinski definition) is 2. The van der Waals surface area contributed by atoms with E-state index in [1.165, 1.54) is 0 Å². The fourth-order valence-corrected chi connectivity index (χ4v) is 1.76. The first-order chi connectivity index (χ1) is 9.63. The fraction of sp³-hybridized carbons (Fsp3) is 0.118. The van der Waals surface area contributed by atoms with Crippen LogP contribution in [0.5, 0.6) is 5.75 Å². The van der Waals surface area contributed by atoms with E-state index in [1.54, 1.807) is 6.08 Å². The third-order valence-electron chi connectivity index (χ3n) is 2.79. The van der Waals surface area contributed by atoms with Gasteiger partial charge in [-0.05, 0) is 41.8 Å². The summed E-state index contributed by atoms with van der Waals surface area (Å²) in [5.74, 6) is -0.100. The van der Waals surface area contributed by atoms with Crippen molar-refractivity contribution in [3.05, 3.63) is 71.3 Å². The summed E-state index contributed by atoms with van der Waals surface area (Å²) in [5, 5.41) is 8.56. The van der Waals surface area contributed by atoms with Crippen LogP contribution < -0.4 is 4.74 Å². The number of rotatable bonds is 5. The zero-order chi connectivity index (χ0) is 14.4. The topological polar surface area (TPSA) is 46.5 Å². The van der Waals surface area contributed by atoms with Crippen molar-refractivity contribution in [2.24, 2.45) is 0 Å². The normalized spacial score (nSPS) is 10.7. The lowest BCUT2D eigenvalue weighted by Crippen LogP contribution is -1.95. The van der Waals surface area contributed by atoms with Crippen LogP contribution in [0.2, 0.25) is 0 Å². The van der Waals surface area contributed by atoms with Gasteiger partial charge in [0.15, 0.2) is 0 Å². The second kappa shape index (κ2) is 6.57. The van der Waals surface area contributed by atoms with Crippen molar-refractivity contribution in [2.75, 3.05) is 0 Å². The van der Waals surface area contributed by atoms with Crippen LogP contribution in [-0.2, 0) is 11.4 Å². The second-order valence-corrected chi connectivity index (χ2v) is 4.52. The van der Waals surface area contributed by atoms with Crippen LogP contribution in [0.1, 0.15) is 16.7 Å². The lowest BCUT2D eigenvalue weighted by atomic mass is 10.1. The molecule has 0 spiro atoms. The van der Waals surface area contributed by atoms with Gasteiger partial charge in [-0.25, -0.2) is 4.79 Å². The number of hydrogen-bond donors (Lipinski definition) is 1. The van der Waals surface area contributed by atoms with Crippen molar-refractivity contribution in [1.82, 2.24) is 0 Å². The quantitative estimate of drug-likeness (QED) is 0.841. The maximum Gasteiger partial charge on any atom is 0.328 e. The number of aliphatic carboxylic acids is 1. The van der Waals surface area contributed by atoms with Gasteiger partial charge in [-0.2, -0.15) is 0 Å². The molecule has 0 aliphatic rings. The highest BCUT2D eigenvalue weighted by atomic mass is 16.5. The Morgan fingerprint density at radius 2 is 1.95 bits per heavy atom. The molecule has 0 saturated heterocycles. The molecule has 0 saturated carbocycles. The number of carboxylic acids is 1. The predicted molar refractivity (Wildman–Crippen MR) is 78.6 cm³/mol. The first-order valence-electron chi connectivity index (χ1n) is 6.33. The summed E-state index contributed by atoms with van der Waals surface area (Å²) in [7, 11) is 0. The molecule has 0 aromatic heterocycles. The minimum absolute atomic E-state index is 0.492. The maximum absolute atomic E-state index is 10.4. The second-order valence-electron chi connectivity index (χ2n) is 4.52. The van der Waals surface area contributed by atoms with Gasteiger partial charge in [0.2, 0.25) is 0 Å². The van der Waals surface area contributed by atoms with E-state index in [2.05, 4.69) is 0 Å². The molecule has 3 heteroatoms. The van der Waals surface area contributed by atoms with E-state index in [1.807, 2.05) is 55.5 Å². The standard InChI is InChI=1S/C17H16O3/c1-13-3-2-4-16(11-13)20-12-15-7-5-14(6-8-15)9-10-17(18)19/h2-11H,12H2,1H3,(H,18,19). The number of benzene rings is 2. The molecule has 2 aromatic carbocycles. The summed E-state index contributed by atoms with van der Waals surface area (Å²) in [4.78, 5) is 10.4. The molecule has 2 aromatic rings. The molecule has 0 amide bonds. The Balaban J connectivity index is 1.95. The molecule has 20 heavy (non-hydrogen) atoms. The van der Waals surface area contributed by atoms with E-state index < -0.39 is 5.97 Å². The minimum atomic E-state index is -0.947. The Labute approximate surface area is 118 Å². The molecule has 0 aliphatic carbocycles. The molecule has 0 fully saturated rings. The van der Waals surface area contributed by atoms with Gasteiger partial charge in [-0.15, -0.1) is 0 Å². The van der Waals surface area contributed by atoms with Crippen molar-refractivity contribution in [2.45, 2.75) is 13.5 Å². The average Bonchev–Trinajstić information content (AvgIpc) is 2.44. The summed E-state index contributed by atoms with van der Waals surface area (Å²) in [6.45, 7) is 2.52. The van der Waals surface area contributed by atoms with Gasteiger partial charge in [0.1, 0.15) is 12.4 Å². The highest BCUT2D eigenvalue weighted by Crippen LogP contribution is 2.15. The van der Waals surface area contributed by atoms with E-state index >= 15 is 0 Å². The van der Waals surface area contributed by atoms with Crippen molar-refractivity contribution >= 4 is 12.0 Å². The third-order valence-corrected chi connectivity index (χ3v) is 2.79. The van der Waals surface area contributed by atoms with Crippen LogP contribution in [-0.4, -0.2) is 11.1 Å². The molecular weight excluding hydrogens is 252 g/mol. The molecule has 1 N–H and O–H groups in total. The Morgan fingerprint density at radius 1 is 1.20 bits per heavy atom. The van der Waals surface area contributed by atoms with E-state index in [9.17, 15) is 4.79 Å². The van der Waals surface area contributed by atoms with Crippen molar-refractivity contribution in [3.8, 4) is 5.75 Å². The molecule has 0 unspecified atom stereocenters. The van der Waals surface area contributed by atoms with Gasteiger partial charge in [0.05, 0.1) is 0 Å². The smallest absolute Gasteiger partial charge is 0.328 e. The average molecular weight is 268 g/mol. The molecule has 0 heterocycles. The maximum atomic E-state index is 10.4. The molecule has 2 rings (SSSR count). The highest BCUT2D eigenvalue weighted by molar-refractivity contribution is 5.85. The van der Waals surface area contributed by atoms with Crippen molar-refractivity contribution in [1.29, 1.82) is 0 Å². The molecule has 3 nitrogen and oxygen atoms in total. The lowest BCUT2D eigenvalue weighted by molar-refractivity contribution is -0.131. The van der Waals surface area contributed by atoms with Gasteiger partial charge in [0, 0.05) is 6.08 Å². The Morgan fingerprint density at radius 3 is 2.60 bits per heavy atom. The lowest BCUT2D eigenvalue weighted by Gasteiger charge is -2.07. The number of ether oxygens (including phenoxy) is 1. The van der Waals surface area contributed by atoms with Crippen LogP contribution in [0.25, 0.3) is 6.08 Å². The van der Waals surface area contributed by atoms with E-state index in [0.717, 1.165) is 28.5 Å². The zero-order valence-electron chi connectivity index (χ0n) is 11.2. The van der Waals surface area contributed by atoms with Crippen molar-refractivity contribution < 1.29 is 14.6 Å². The van der Waals surface area contributed by atoms with Gasteiger partial charge < -0.3 is 9.84 Å². The Kier molecular flexibility index (Phi) is 4.56. The van der Waals surface area contributed by atoms with Crippen LogP contribution in [0, 0.1) is 6.92 Å². The monoisotopic (exact) mass is 268 g/mol. The first kappa shape index (κ1) is 13.9. The van der Waals surface area contributed by atoms with E-state index in [-0.39, 0.29) is 0 Å². The van der Waals surface area contributed by atoms with Crippen LogP contribution in [0.3, 0.4) is 0 Å². The highest BCUT2D eigenvalue weighted by Gasteiger charge is 1.97. The molecule has 0 radical (unpaired) electrons. The number of carbonyl (C=O) groups is 1. The van der Waals surface area contributed by atoms with E-state index in [0.29, 0.717) is 6.61 Å². The van der Waals surface area contributed by atoms with Crippen LogP contribution in [0.4, 0.5) is 0 Å². The van der Waals surface area contributed by atoms with Crippen molar-refractivity contribution in [3.63, 3.8) is 0 Å². The van der Waals surface area contributed by atoms with Gasteiger partial charge in [0.25, 0.3) is 0 Å². The summed E-state index contributed by atoms with van der Waals surface area (Å²) in [6, 6.07) is 15.5. The van der Waals surface area contributed by atoms with E-state index in [4.69, 9.17) is 9.84 Å². The summed E-state index contributed by atoms with van der Waals surface area (Å²) >= 11 is 0. The largest absolute Gasteiger partial charge is 0.489 e. The molecule has 0 atom stereocenters. The minimum Gasteiger partial charge on any atom is -0.489 e. The van der Waals surface area contributed by atoms with Crippen LogP contribution >= 0.6 is 0 Å². The SMILES string of the molecule is Cc1cccc(OCc2ccc(C=CC(=O)O)cc2)c1. The third kappa shape index (κ3) is 4.28. The Bertz CT molecular complexity index is 612. The van der Waals surface area contributed by atoms with Gasteiger partial charge in [-0.1, -0.05) is 36.4 Å². The molecule has 0 aliphatic heterocycles. The van der Waals surface area contributed by atoms with Gasteiger partial charge in [-0.3, -0.25) is 0 Å². The zero-order valence-corrected chi connectivity index (χ0v) is 11.2. The molecule has 0 bridgehead atoms. The van der Waals surface area contributed by atoms with Gasteiger partial charge >= 0.3 is 5.97 Å². The summed E-state index contributed by atoms with van der Waals surface area (Å²) in [5.41, 5.74) is 3.06. The van der Waals surface area contributed by atoms with Crippen LogP contribution in [0.15, 0.2) is 54.6 Å². The molecule has 102 valence electrons. The first-order valence-corrected chi connectivity index (χ1v) is 6.33. The Hall–Kier alpha value is -2.55. The molecular formula is C17H16O3. The fourth-order valence-electron chi connectivity index (χ4n) is 1.76. The number of carboxylic acid groups (broad SMARTS) is 1.